The molecule has 5 heteroatoms. The van der Waals surface area contributed by atoms with Crippen molar-refractivity contribution in [3.05, 3.63) is 69.9 Å². The maximum absolute atomic E-state index is 12.9. The Morgan fingerprint density at radius 1 is 0.905 bits per heavy atom. The summed E-state index contributed by atoms with van der Waals surface area (Å²) in [5, 5.41) is 0. The summed E-state index contributed by atoms with van der Waals surface area (Å²) in [4.78, 5) is 24.3. The summed E-state index contributed by atoms with van der Waals surface area (Å²) in [6.07, 6.45) is 0. The minimum atomic E-state index is -0.382. The molecule has 1 aromatic heterocycles. The van der Waals surface area contributed by atoms with Gasteiger partial charge >= 0.3 is 5.69 Å². The first-order valence-electron chi connectivity index (χ1n) is 6.45. The molecule has 0 spiro atoms. The average molecular weight is 284 g/mol. The van der Waals surface area contributed by atoms with Gasteiger partial charge in [0.2, 0.25) is 0 Å². The highest BCUT2D eigenvalue weighted by atomic mass is 19.1. The van der Waals surface area contributed by atoms with E-state index < -0.39 is 0 Å². The summed E-state index contributed by atoms with van der Waals surface area (Å²) < 4.78 is 15.9. The van der Waals surface area contributed by atoms with Gasteiger partial charge in [-0.15, -0.1) is 0 Å². The van der Waals surface area contributed by atoms with Gasteiger partial charge in [-0.3, -0.25) is 13.9 Å². The number of hydrogen-bond acceptors (Lipinski definition) is 2. The molecular weight excluding hydrogens is 271 g/mol. The van der Waals surface area contributed by atoms with E-state index in [-0.39, 0.29) is 17.3 Å². The molecule has 2 aromatic carbocycles. The van der Waals surface area contributed by atoms with Crippen LogP contribution in [0.3, 0.4) is 0 Å². The van der Waals surface area contributed by atoms with E-state index in [9.17, 15) is 14.0 Å². The fraction of sp³-hybridized carbons (Fsp3) is 0.125. The summed E-state index contributed by atoms with van der Waals surface area (Å²) in [5.74, 6) is -0.583. The molecule has 106 valence electrons. The smallest absolute Gasteiger partial charge is 0.295 e. The molecule has 0 radical (unpaired) electrons. The lowest BCUT2D eigenvalue weighted by Gasteiger charge is -2.03. The fourth-order valence-corrected chi connectivity index (χ4v) is 2.42. The van der Waals surface area contributed by atoms with Gasteiger partial charge in [0.05, 0.1) is 11.0 Å². The SMILES string of the molecule is Cn1c(=O)n(C)c2cc(C(=O)c3ccc(F)cc3)ccc21. The number of aromatic nitrogens is 2. The van der Waals surface area contributed by atoms with Gasteiger partial charge < -0.3 is 0 Å². The van der Waals surface area contributed by atoms with Crippen LogP contribution in [0.5, 0.6) is 0 Å². The second-order valence-electron chi connectivity index (χ2n) is 4.94. The van der Waals surface area contributed by atoms with Gasteiger partial charge in [0, 0.05) is 25.2 Å². The Balaban J connectivity index is 2.13. The molecule has 0 N–H and O–H groups in total. The third kappa shape index (κ3) is 2.07. The normalized spacial score (nSPS) is 11.0. The molecule has 0 atom stereocenters. The third-order valence-electron chi connectivity index (χ3n) is 3.64. The first kappa shape index (κ1) is 13.3. The van der Waals surface area contributed by atoms with Gasteiger partial charge in [-0.1, -0.05) is 0 Å². The number of rotatable bonds is 2. The van der Waals surface area contributed by atoms with E-state index >= 15 is 0 Å². The highest BCUT2D eigenvalue weighted by Crippen LogP contribution is 2.17. The van der Waals surface area contributed by atoms with Crippen LogP contribution in [0.15, 0.2) is 47.3 Å². The lowest BCUT2D eigenvalue weighted by molar-refractivity contribution is 0.103. The number of benzene rings is 2. The molecule has 0 unspecified atom stereocenters. The van der Waals surface area contributed by atoms with E-state index in [4.69, 9.17) is 0 Å². The molecule has 1 heterocycles. The number of imidazole rings is 1. The summed E-state index contributed by atoms with van der Waals surface area (Å²) in [6.45, 7) is 0. The minimum absolute atomic E-state index is 0.142. The first-order chi connectivity index (χ1) is 9.99. The van der Waals surface area contributed by atoms with Crippen molar-refractivity contribution in [1.29, 1.82) is 0 Å². The van der Waals surface area contributed by atoms with Crippen LogP contribution in [0.2, 0.25) is 0 Å². The van der Waals surface area contributed by atoms with Crippen LogP contribution in [0, 0.1) is 5.82 Å². The van der Waals surface area contributed by atoms with Gasteiger partial charge in [-0.05, 0) is 42.5 Å². The number of halogens is 1. The molecule has 0 bridgehead atoms. The highest BCUT2D eigenvalue weighted by molar-refractivity contribution is 6.10. The van der Waals surface area contributed by atoms with E-state index in [1.807, 2.05) is 0 Å². The molecule has 0 aliphatic rings. The molecule has 0 amide bonds. The molecular formula is C16H13FN2O2. The monoisotopic (exact) mass is 284 g/mol. The van der Waals surface area contributed by atoms with Crippen molar-refractivity contribution in [2.75, 3.05) is 0 Å². The number of hydrogen-bond donors (Lipinski definition) is 0. The maximum Gasteiger partial charge on any atom is 0.328 e. The predicted molar refractivity (Wildman–Crippen MR) is 78.0 cm³/mol. The van der Waals surface area contributed by atoms with Crippen molar-refractivity contribution < 1.29 is 9.18 Å². The zero-order valence-electron chi connectivity index (χ0n) is 11.6. The number of carbonyl (C=O) groups is 1. The van der Waals surface area contributed by atoms with Crippen LogP contribution in [0.1, 0.15) is 15.9 Å². The molecule has 0 saturated carbocycles. The van der Waals surface area contributed by atoms with Gasteiger partial charge in [0.25, 0.3) is 0 Å². The van der Waals surface area contributed by atoms with Crippen LogP contribution < -0.4 is 5.69 Å². The van der Waals surface area contributed by atoms with Gasteiger partial charge in [-0.2, -0.15) is 0 Å². The van der Waals surface area contributed by atoms with Crippen molar-refractivity contribution in [2.24, 2.45) is 14.1 Å². The Labute approximate surface area is 120 Å². The lowest BCUT2D eigenvalue weighted by atomic mass is 10.0. The number of carbonyl (C=O) groups excluding carboxylic acids is 1. The van der Waals surface area contributed by atoms with Crippen molar-refractivity contribution in [3.8, 4) is 0 Å². The molecule has 21 heavy (non-hydrogen) atoms. The van der Waals surface area contributed by atoms with Crippen molar-refractivity contribution in [3.63, 3.8) is 0 Å². The molecule has 0 fully saturated rings. The fourth-order valence-electron chi connectivity index (χ4n) is 2.42. The quantitative estimate of drug-likeness (QED) is 0.677. The second-order valence-corrected chi connectivity index (χ2v) is 4.94. The van der Waals surface area contributed by atoms with Crippen molar-refractivity contribution in [2.45, 2.75) is 0 Å². The Morgan fingerprint density at radius 3 is 2.14 bits per heavy atom. The van der Waals surface area contributed by atoms with Crippen LogP contribution >= 0.6 is 0 Å². The number of ketones is 1. The Morgan fingerprint density at radius 2 is 1.48 bits per heavy atom. The van der Waals surface area contributed by atoms with Crippen molar-refractivity contribution >= 4 is 16.8 Å². The zero-order valence-corrected chi connectivity index (χ0v) is 11.6. The number of nitrogens with zero attached hydrogens (tertiary/aromatic N) is 2. The molecule has 4 nitrogen and oxygen atoms in total. The molecule has 0 aliphatic carbocycles. The predicted octanol–water partition coefficient (Wildman–Crippen LogP) is 2.25. The summed E-state index contributed by atoms with van der Waals surface area (Å²) in [6, 6.07) is 10.5. The maximum atomic E-state index is 12.9. The van der Waals surface area contributed by atoms with E-state index in [1.54, 1.807) is 32.3 Å². The van der Waals surface area contributed by atoms with Crippen LogP contribution in [-0.4, -0.2) is 14.9 Å². The standard InChI is InChI=1S/C16H13FN2O2/c1-18-13-8-5-11(9-14(13)19(2)16(18)21)15(20)10-3-6-12(17)7-4-10/h3-9H,1-2H3. The number of aryl methyl sites for hydroxylation is 2. The van der Waals surface area contributed by atoms with E-state index in [0.29, 0.717) is 16.6 Å². The van der Waals surface area contributed by atoms with Crippen LogP contribution in [0.25, 0.3) is 11.0 Å². The van der Waals surface area contributed by atoms with Crippen molar-refractivity contribution in [1.82, 2.24) is 9.13 Å². The Bertz CT molecular complexity index is 904. The largest absolute Gasteiger partial charge is 0.328 e. The van der Waals surface area contributed by atoms with Gasteiger partial charge in [0.1, 0.15) is 5.82 Å². The number of fused-ring (bicyclic) bond motifs is 1. The summed E-state index contributed by atoms with van der Waals surface area (Å²) in [5.41, 5.74) is 2.19. The van der Waals surface area contributed by atoms with Crippen LogP contribution in [-0.2, 0) is 14.1 Å². The topological polar surface area (TPSA) is 44.0 Å². The zero-order chi connectivity index (χ0) is 15.1. The second kappa shape index (κ2) is 4.70. The van der Waals surface area contributed by atoms with E-state index in [0.717, 1.165) is 5.52 Å². The molecule has 0 saturated heterocycles. The molecule has 0 aliphatic heterocycles. The first-order valence-corrected chi connectivity index (χ1v) is 6.45. The van der Waals surface area contributed by atoms with Gasteiger partial charge in [-0.25, -0.2) is 9.18 Å². The molecule has 3 aromatic rings. The summed E-state index contributed by atoms with van der Waals surface area (Å²) >= 11 is 0. The van der Waals surface area contributed by atoms with Crippen LogP contribution in [0.4, 0.5) is 4.39 Å². The Kier molecular flexibility index (Phi) is 2.97. The Hall–Kier alpha value is -2.69. The van der Waals surface area contributed by atoms with E-state index in [1.165, 1.54) is 33.4 Å². The van der Waals surface area contributed by atoms with Gasteiger partial charge in [0.15, 0.2) is 5.78 Å². The third-order valence-corrected chi connectivity index (χ3v) is 3.64. The lowest BCUT2D eigenvalue weighted by Crippen LogP contribution is -2.19. The highest BCUT2D eigenvalue weighted by Gasteiger charge is 2.13. The minimum Gasteiger partial charge on any atom is -0.295 e. The van der Waals surface area contributed by atoms with E-state index in [2.05, 4.69) is 0 Å². The average Bonchev–Trinajstić information content (AvgIpc) is 2.72. The molecule has 3 rings (SSSR count). The summed E-state index contributed by atoms with van der Waals surface area (Å²) in [7, 11) is 3.35.